The second-order valence-electron chi connectivity index (χ2n) is 15.0. The summed E-state index contributed by atoms with van der Waals surface area (Å²) in [6.45, 7) is 16.2. The molecule has 4 aliphatic carbocycles. The summed E-state index contributed by atoms with van der Waals surface area (Å²) < 4.78 is 12.0. The number of epoxide rings is 1. The number of hydrogen-bond acceptors (Lipinski definition) is 5. The number of fused-ring (bicyclic) bond motifs is 5. The zero-order valence-corrected chi connectivity index (χ0v) is 22.9. The number of rotatable bonds is 3. The molecule has 3 heterocycles. The van der Waals surface area contributed by atoms with Gasteiger partial charge in [0.2, 0.25) is 0 Å². The van der Waals surface area contributed by atoms with Crippen LogP contribution in [0.15, 0.2) is 11.6 Å². The van der Waals surface area contributed by atoms with Gasteiger partial charge in [-0.05, 0) is 93.8 Å². The predicted octanol–water partition coefficient (Wildman–Crippen LogP) is 4.83. The maximum absolute atomic E-state index is 12.0. The van der Waals surface area contributed by atoms with E-state index in [-0.39, 0.29) is 45.4 Å². The molecule has 198 valence electrons. The van der Waals surface area contributed by atoms with Crippen LogP contribution < -0.4 is 0 Å². The van der Waals surface area contributed by atoms with Gasteiger partial charge in [0.05, 0.1) is 18.3 Å². The molecule has 0 amide bonds. The van der Waals surface area contributed by atoms with Crippen LogP contribution >= 0.6 is 0 Å². The average molecular weight is 489 g/mol. The van der Waals surface area contributed by atoms with Gasteiger partial charge in [-0.3, -0.25) is 0 Å². The van der Waals surface area contributed by atoms with Gasteiger partial charge in [-0.2, -0.15) is 0 Å². The molecule has 7 fully saturated rings. The van der Waals surface area contributed by atoms with Gasteiger partial charge in [-0.25, -0.2) is 0 Å². The van der Waals surface area contributed by atoms with Gasteiger partial charge in [0.1, 0.15) is 12.2 Å². The summed E-state index contributed by atoms with van der Waals surface area (Å²) in [5, 5.41) is 34.1. The van der Waals surface area contributed by atoms with Crippen LogP contribution in [0.2, 0.25) is 0 Å². The van der Waals surface area contributed by atoms with Crippen molar-refractivity contribution in [3.05, 3.63) is 11.6 Å². The number of ether oxygens (including phenoxy) is 2. The smallest absolute Gasteiger partial charge is 0.170 e. The maximum atomic E-state index is 12.0. The van der Waals surface area contributed by atoms with E-state index in [2.05, 4.69) is 34.6 Å². The topological polar surface area (TPSA) is 82.5 Å². The summed E-state index contributed by atoms with van der Waals surface area (Å²) in [5.41, 5.74) is 0.863. The Bertz CT molecular complexity index is 929. The fourth-order valence-electron chi connectivity index (χ4n) is 11.0. The molecule has 4 saturated carbocycles. The highest BCUT2D eigenvalue weighted by molar-refractivity contribution is 5.25. The summed E-state index contributed by atoms with van der Waals surface area (Å²) in [4.78, 5) is 0. The van der Waals surface area contributed by atoms with Crippen LogP contribution in [-0.4, -0.2) is 51.6 Å². The molecule has 7 rings (SSSR count). The number of aliphatic hydroxyl groups is 3. The van der Waals surface area contributed by atoms with Crippen LogP contribution in [0.5, 0.6) is 0 Å². The minimum absolute atomic E-state index is 0.0350. The lowest BCUT2D eigenvalue weighted by molar-refractivity contribution is -0.404. The minimum atomic E-state index is -1.03. The van der Waals surface area contributed by atoms with Crippen molar-refractivity contribution in [2.75, 3.05) is 6.61 Å². The number of hydrogen-bond donors (Lipinski definition) is 3. The van der Waals surface area contributed by atoms with Crippen LogP contribution in [0.4, 0.5) is 0 Å². The molecule has 3 aliphatic heterocycles. The normalized spacial score (nSPS) is 56.7. The zero-order valence-electron chi connectivity index (χ0n) is 22.9. The van der Waals surface area contributed by atoms with E-state index in [1.54, 1.807) is 0 Å². The standard InChI is InChI=1S/C30H48O5/c1-17(14-21(32)24-26(4,5)35-24)18-8-10-27(6)19(18)15-20(31)23-28(27,7)11-9-22-25(2,3)30(33)13-12-29(22,23)16-34-30/h14,18-24,31-33H,8-13,15-16H2,1-7H3/b17-14+/t18-,19-,20-,21+,22+,23+,24?,27-,28-,29-,30+/m1/s1. The first-order valence-electron chi connectivity index (χ1n) is 14.2. The second kappa shape index (κ2) is 7.14. The molecular weight excluding hydrogens is 440 g/mol. The molecule has 35 heavy (non-hydrogen) atoms. The van der Waals surface area contributed by atoms with Crippen LogP contribution in [0.1, 0.15) is 93.4 Å². The average Bonchev–Trinajstić information content (AvgIpc) is 3.27. The quantitative estimate of drug-likeness (QED) is 0.392. The predicted molar refractivity (Wildman–Crippen MR) is 134 cm³/mol. The largest absolute Gasteiger partial charge is 0.393 e. The molecule has 0 aromatic carbocycles. The third-order valence-electron chi connectivity index (χ3n) is 13.2. The second-order valence-corrected chi connectivity index (χ2v) is 15.0. The first kappa shape index (κ1) is 24.9. The van der Waals surface area contributed by atoms with Crippen molar-refractivity contribution < 1.29 is 24.8 Å². The van der Waals surface area contributed by atoms with Gasteiger partial charge in [-0.15, -0.1) is 0 Å². The molecule has 1 unspecified atom stereocenters. The van der Waals surface area contributed by atoms with Crippen LogP contribution in [0.3, 0.4) is 0 Å². The van der Waals surface area contributed by atoms with E-state index in [0.29, 0.717) is 30.8 Å². The van der Waals surface area contributed by atoms with Gasteiger partial charge in [-0.1, -0.05) is 39.3 Å². The Morgan fingerprint density at radius 2 is 1.63 bits per heavy atom. The number of aliphatic hydroxyl groups excluding tert-OH is 2. The Kier molecular flexibility index (Phi) is 5.07. The van der Waals surface area contributed by atoms with Crippen LogP contribution in [0.25, 0.3) is 0 Å². The van der Waals surface area contributed by atoms with Gasteiger partial charge in [0.25, 0.3) is 0 Å². The third kappa shape index (κ3) is 2.94. The molecule has 1 spiro atoms. The highest BCUT2D eigenvalue weighted by Gasteiger charge is 2.76. The van der Waals surface area contributed by atoms with Gasteiger partial charge >= 0.3 is 0 Å². The molecule has 0 radical (unpaired) electrons. The maximum Gasteiger partial charge on any atom is 0.170 e. The zero-order chi connectivity index (χ0) is 25.4. The molecule has 5 heteroatoms. The first-order valence-corrected chi connectivity index (χ1v) is 14.2. The van der Waals surface area contributed by atoms with E-state index in [1.807, 2.05) is 19.9 Å². The van der Waals surface area contributed by atoms with Crippen molar-refractivity contribution >= 4 is 0 Å². The SMILES string of the molecule is C/C(=C\[C@H](O)C1OC1(C)C)[C@H]1CC[C@]2(C)[C@@H]1C[C@@H](O)[C@@H]1[C@]34CC[C@](O)(OC3)C(C)(C)[C@@H]4CC[C@]12C. The van der Waals surface area contributed by atoms with E-state index in [1.165, 1.54) is 12.0 Å². The lowest BCUT2D eigenvalue weighted by atomic mass is 9.33. The minimum Gasteiger partial charge on any atom is -0.393 e. The summed E-state index contributed by atoms with van der Waals surface area (Å²) in [6, 6.07) is 0. The van der Waals surface area contributed by atoms with Crippen LogP contribution in [0, 0.1) is 45.3 Å². The summed E-state index contributed by atoms with van der Waals surface area (Å²) in [7, 11) is 0. The Morgan fingerprint density at radius 3 is 2.23 bits per heavy atom. The number of allylic oxidation sites excluding steroid dienone is 1. The monoisotopic (exact) mass is 488 g/mol. The summed E-state index contributed by atoms with van der Waals surface area (Å²) in [5.74, 6) is 0.371. The van der Waals surface area contributed by atoms with E-state index in [9.17, 15) is 15.3 Å². The summed E-state index contributed by atoms with van der Waals surface area (Å²) >= 11 is 0. The molecule has 2 bridgehead atoms. The van der Waals surface area contributed by atoms with Gasteiger partial charge in [0.15, 0.2) is 5.79 Å². The molecule has 3 saturated heterocycles. The van der Waals surface area contributed by atoms with E-state index >= 15 is 0 Å². The first-order chi connectivity index (χ1) is 16.1. The fraction of sp³-hybridized carbons (Fsp3) is 0.933. The lowest BCUT2D eigenvalue weighted by Gasteiger charge is -2.74. The van der Waals surface area contributed by atoms with E-state index in [0.717, 1.165) is 32.1 Å². The Labute approximate surface area is 211 Å². The van der Waals surface area contributed by atoms with Crippen molar-refractivity contribution in [1.29, 1.82) is 0 Å². The Morgan fingerprint density at radius 1 is 0.971 bits per heavy atom. The molecule has 0 aromatic heterocycles. The lowest BCUT2D eigenvalue weighted by Crippen LogP contribution is -2.75. The molecule has 7 aliphatic rings. The van der Waals surface area contributed by atoms with Crippen molar-refractivity contribution in [2.45, 2.75) is 123 Å². The molecule has 11 atom stereocenters. The van der Waals surface area contributed by atoms with E-state index in [4.69, 9.17) is 9.47 Å². The molecule has 5 nitrogen and oxygen atoms in total. The van der Waals surface area contributed by atoms with Crippen molar-refractivity contribution in [2.24, 2.45) is 45.3 Å². The van der Waals surface area contributed by atoms with Crippen molar-refractivity contribution in [1.82, 2.24) is 0 Å². The molecule has 0 aromatic rings. The third-order valence-corrected chi connectivity index (χ3v) is 13.2. The van der Waals surface area contributed by atoms with Gasteiger partial charge < -0.3 is 24.8 Å². The van der Waals surface area contributed by atoms with Crippen LogP contribution in [-0.2, 0) is 9.47 Å². The molecular formula is C30H48O5. The highest BCUT2D eigenvalue weighted by Crippen LogP contribution is 2.77. The van der Waals surface area contributed by atoms with Gasteiger partial charge in [0, 0.05) is 17.3 Å². The van der Waals surface area contributed by atoms with E-state index < -0.39 is 11.9 Å². The Hall–Kier alpha value is -0.460. The van der Waals surface area contributed by atoms with Crippen molar-refractivity contribution in [3.63, 3.8) is 0 Å². The summed E-state index contributed by atoms with van der Waals surface area (Å²) in [6.07, 6.45) is 7.99. The highest BCUT2D eigenvalue weighted by atomic mass is 16.6. The molecule has 3 N–H and O–H groups in total. The van der Waals surface area contributed by atoms with Crippen molar-refractivity contribution in [3.8, 4) is 0 Å². The fourth-order valence-corrected chi connectivity index (χ4v) is 11.0. The Balaban J connectivity index is 1.33.